The molecule has 0 fully saturated rings. The summed E-state index contributed by atoms with van der Waals surface area (Å²) in [6.07, 6.45) is 1.19. The van der Waals surface area contributed by atoms with Crippen LogP contribution in [0.5, 0.6) is 0 Å². The van der Waals surface area contributed by atoms with Crippen LogP contribution in [-0.2, 0) is 24.2 Å². The minimum atomic E-state index is 0.0956. The van der Waals surface area contributed by atoms with Gasteiger partial charge in [0.15, 0.2) is 5.76 Å². The maximum absolute atomic E-state index is 12.6. The highest BCUT2D eigenvalue weighted by Crippen LogP contribution is 2.22. The Kier molecular flexibility index (Phi) is 4.10. The van der Waals surface area contributed by atoms with E-state index in [0.717, 1.165) is 18.5 Å². The van der Waals surface area contributed by atoms with Crippen molar-refractivity contribution in [3.63, 3.8) is 0 Å². The fourth-order valence-electron chi connectivity index (χ4n) is 3.22. The minimum Gasteiger partial charge on any atom is -0.356 e. The summed E-state index contributed by atoms with van der Waals surface area (Å²) < 4.78 is 5.41. The molecule has 4 heteroatoms. The van der Waals surface area contributed by atoms with E-state index in [1.165, 1.54) is 16.7 Å². The van der Waals surface area contributed by atoms with Crippen LogP contribution in [0, 0.1) is 6.92 Å². The molecule has 0 radical (unpaired) electrons. The largest absolute Gasteiger partial charge is 0.356 e. The normalized spacial score (nSPS) is 13.6. The highest BCUT2D eigenvalue weighted by atomic mass is 16.5. The van der Waals surface area contributed by atoms with Crippen LogP contribution in [0.25, 0.3) is 11.3 Å². The van der Waals surface area contributed by atoms with Gasteiger partial charge in [0.2, 0.25) is 5.91 Å². The first-order chi connectivity index (χ1) is 12.2. The third-order valence-corrected chi connectivity index (χ3v) is 4.71. The lowest BCUT2D eigenvalue weighted by atomic mass is 9.99. The van der Waals surface area contributed by atoms with Crippen LogP contribution >= 0.6 is 0 Å². The van der Waals surface area contributed by atoms with Crippen molar-refractivity contribution in [2.24, 2.45) is 0 Å². The SMILES string of the molecule is Cc1ccc(-c2cc(CC(=O)N3CCc4ccccc4C3)no2)cc1. The molecule has 0 aliphatic carbocycles. The Morgan fingerprint density at radius 2 is 1.88 bits per heavy atom. The second-order valence-corrected chi connectivity index (χ2v) is 6.56. The van der Waals surface area contributed by atoms with Gasteiger partial charge in [0.05, 0.1) is 12.1 Å². The van der Waals surface area contributed by atoms with Crippen LogP contribution in [0.4, 0.5) is 0 Å². The zero-order valence-corrected chi connectivity index (χ0v) is 14.2. The molecule has 0 N–H and O–H groups in total. The van der Waals surface area contributed by atoms with Gasteiger partial charge in [-0.2, -0.15) is 0 Å². The number of amides is 1. The average Bonchev–Trinajstić information content (AvgIpc) is 3.10. The van der Waals surface area contributed by atoms with Crippen molar-refractivity contribution in [2.75, 3.05) is 6.54 Å². The van der Waals surface area contributed by atoms with Gasteiger partial charge in [0.25, 0.3) is 0 Å². The average molecular weight is 332 g/mol. The number of nitrogens with zero attached hydrogens (tertiary/aromatic N) is 2. The van der Waals surface area contributed by atoms with Crippen LogP contribution < -0.4 is 0 Å². The molecule has 0 saturated carbocycles. The lowest BCUT2D eigenvalue weighted by Gasteiger charge is -2.28. The van der Waals surface area contributed by atoms with Gasteiger partial charge >= 0.3 is 0 Å². The summed E-state index contributed by atoms with van der Waals surface area (Å²) in [6.45, 7) is 3.49. The molecule has 1 amide bonds. The van der Waals surface area contributed by atoms with Gasteiger partial charge in [0, 0.05) is 24.7 Å². The van der Waals surface area contributed by atoms with E-state index in [0.29, 0.717) is 18.0 Å². The lowest BCUT2D eigenvalue weighted by molar-refractivity contribution is -0.131. The van der Waals surface area contributed by atoms with E-state index in [4.69, 9.17) is 4.52 Å². The summed E-state index contributed by atoms with van der Waals surface area (Å²) in [5, 5.41) is 4.07. The highest BCUT2D eigenvalue weighted by Gasteiger charge is 2.21. The van der Waals surface area contributed by atoms with E-state index in [2.05, 4.69) is 23.4 Å². The Labute approximate surface area is 147 Å². The summed E-state index contributed by atoms with van der Waals surface area (Å²) in [4.78, 5) is 14.5. The molecule has 126 valence electrons. The molecule has 0 unspecified atom stereocenters. The lowest BCUT2D eigenvalue weighted by Crippen LogP contribution is -2.36. The third kappa shape index (κ3) is 3.33. The summed E-state index contributed by atoms with van der Waals surface area (Å²) in [5.41, 5.74) is 5.43. The number of benzene rings is 2. The molecular weight excluding hydrogens is 312 g/mol. The van der Waals surface area contributed by atoms with Crippen LogP contribution in [0.2, 0.25) is 0 Å². The molecule has 4 rings (SSSR count). The van der Waals surface area contributed by atoms with Gasteiger partial charge < -0.3 is 9.42 Å². The maximum Gasteiger partial charge on any atom is 0.229 e. The molecule has 1 aliphatic heterocycles. The molecule has 3 aromatic rings. The first-order valence-corrected chi connectivity index (χ1v) is 8.56. The molecular formula is C21H20N2O2. The minimum absolute atomic E-state index is 0.0956. The molecule has 2 heterocycles. The first-order valence-electron chi connectivity index (χ1n) is 8.56. The van der Waals surface area contributed by atoms with Gasteiger partial charge in [-0.3, -0.25) is 4.79 Å². The van der Waals surface area contributed by atoms with Crippen LogP contribution in [0.15, 0.2) is 59.1 Å². The number of rotatable bonds is 3. The molecule has 1 aliphatic rings. The Hall–Kier alpha value is -2.88. The Balaban J connectivity index is 1.44. The molecule has 0 saturated heterocycles. The van der Waals surface area contributed by atoms with Crippen molar-refractivity contribution in [1.29, 1.82) is 0 Å². The fourth-order valence-corrected chi connectivity index (χ4v) is 3.22. The quantitative estimate of drug-likeness (QED) is 0.733. The molecule has 0 spiro atoms. The topological polar surface area (TPSA) is 46.3 Å². The maximum atomic E-state index is 12.6. The molecule has 25 heavy (non-hydrogen) atoms. The van der Waals surface area contributed by atoms with Crippen molar-refractivity contribution >= 4 is 5.91 Å². The highest BCUT2D eigenvalue weighted by molar-refractivity contribution is 5.79. The van der Waals surface area contributed by atoms with Crippen LogP contribution in [0.1, 0.15) is 22.4 Å². The summed E-state index contributed by atoms with van der Waals surface area (Å²) >= 11 is 0. The fraction of sp³-hybridized carbons (Fsp3) is 0.238. The van der Waals surface area contributed by atoms with Gasteiger partial charge in [-0.15, -0.1) is 0 Å². The molecule has 0 bridgehead atoms. The van der Waals surface area contributed by atoms with Crippen LogP contribution in [-0.4, -0.2) is 22.5 Å². The van der Waals surface area contributed by atoms with Gasteiger partial charge in [-0.05, 0) is 24.5 Å². The van der Waals surface area contributed by atoms with E-state index in [1.807, 2.05) is 48.2 Å². The van der Waals surface area contributed by atoms with Gasteiger partial charge in [-0.25, -0.2) is 0 Å². The molecule has 1 aromatic heterocycles. The van der Waals surface area contributed by atoms with Crippen molar-refractivity contribution in [1.82, 2.24) is 10.1 Å². The molecule has 4 nitrogen and oxygen atoms in total. The second kappa shape index (κ2) is 6.55. The Morgan fingerprint density at radius 1 is 1.12 bits per heavy atom. The van der Waals surface area contributed by atoms with E-state index < -0.39 is 0 Å². The van der Waals surface area contributed by atoms with Crippen molar-refractivity contribution in [3.05, 3.63) is 77.0 Å². The number of hydrogen-bond acceptors (Lipinski definition) is 3. The first kappa shape index (κ1) is 15.6. The number of carbonyl (C=O) groups excluding carboxylic acids is 1. The Morgan fingerprint density at radius 3 is 2.68 bits per heavy atom. The smallest absolute Gasteiger partial charge is 0.229 e. The molecule has 0 atom stereocenters. The standard InChI is InChI=1S/C21H20N2O2/c1-15-6-8-17(9-7-15)20-12-19(22-25-20)13-21(24)23-11-10-16-4-2-3-5-18(16)14-23/h2-9,12H,10-11,13-14H2,1H3. The number of hydrogen-bond donors (Lipinski definition) is 0. The van der Waals surface area contributed by atoms with Crippen molar-refractivity contribution in [2.45, 2.75) is 26.3 Å². The van der Waals surface area contributed by atoms with Crippen molar-refractivity contribution in [3.8, 4) is 11.3 Å². The van der Waals surface area contributed by atoms with Crippen LogP contribution in [0.3, 0.4) is 0 Å². The second-order valence-electron chi connectivity index (χ2n) is 6.56. The van der Waals surface area contributed by atoms with E-state index in [1.54, 1.807) is 0 Å². The zero-order valence-electron chi connectivity index (χ0n) is 14.2. The van der Waals surface area contributed by atoms with Crippen molar-refractivity contribution < 1.29 is 9.32 Å². The van der Waals surface area contributed by atoms with E-state index >= 15 is 0 Å². The number of aromatic nitrogens is 1. The van der Waals surface area contributed by atoms with E-state index in [9.17, 15) is 4.79 Å². The predicted molar refractivity (Wildman–Crippen MR) is 95.9 cm³/mol. The van der Waals surface area contributed by atoms with Gasteiger partial charge in [0.1, 0.15) is 0 Å². The summed E-state index contributed by atoms with van der Waals surface area (Å²) in [7, 11) is 0. The number of aryl methyl sites for hydroxylation is 1. The number of carbonyl (C=O) groups is 1. The summed E-state index contributed by atoms with van der Waals surface area (Å²) in [6, 6.07) is 18.3. The Bertz CT molecular complexity index is 896. The zero-order chi connectivity index (χ0) is 17.2. The summed E-state index contributed by atoms with van der Waals surface area (Å²) in [5.74, 6) is 0.796. The number of fused-ring (bicyclic) bond motifs is 1. The monoisotopic (exact) mass is 332 g/mol. The van der Waals surface area contributed by atoms with E-state index in [-0.39, 0.29) is 12.3 Å². The molecule has 2 aromatic carbocycles. The van der Waals surface area contributed by atoms with Gasteiger partial charge in [-0.1, -0.05) is 59.3 Å². The third-order valence-electron chi connectivity index (χ3n) is 4.71. The predicted octanol–water partition coefficient (Wildman–Crippen LogP) is 3.78.